The summed E-state index contributed by atoms with van der Waals surface area (Å²) in [5.41, 5.74) is 1.78. The first-order valence-corrected chi connectivity index (χ1v) is 9.04. The molecule has 1 aromatic carbocycles. The van der Waals surface area contributed by atoms with E-state index in [4.69, 9.17) is 16.3 Å². The molecular formula is C16H20ClN3O3S. The van der Waals surface area contributed by atoms with Crippen LogP contribution in [0.15, 0.2) is 23.4 Å². The third-order valence-electron chi connectivity index (χ3n) is 3.32. The number of fused-ring (bicyclic) bond motifs is 1. The zero-order valence-corrected chi connectivity index (χ0v) is 15.2. The van der Waals surface area contributed by atoms with E-state index >= 15 is 0 Å². The molecule has 2 rings (SSSR count). The lowest BCUT2D eigenvalue weighted by molar-refractivity contribution is -0.143. The van der Waals surface area contributed by atoms with Gasteiger partial charge in [0.15, 0.2) is 5.16 Å². The third-order valence-corrected chi connectivity index (χ3v) is 4.58. The highest BCUT2D eigenvalue weighted by Crippen LogP contribution is 2.24. The van der Waals surface area contributed by atoms with Crippen molar-refractivity contribution in [3.63, 3.8) is 0 Å². The third kappa shape index (κ3) is 5.14. The first-order valence-electron chi connectivity index (χ1n) is 7.68. The van der Waals surface area contributed by atoms with Gasteiger partial charge < -0.3 is 14.6 Å². The summed E-state index contributed by atoms with van der Waals surface area (Å²) in [4.78, 5) is 27.5. The molecule has 1 aromatic heterocycles. The Bertz CT molecular complexity index is 733. The SMILES string of the molecule is CCOC(=O)CCCNC(=O)CSc1nc2cc(Cl)ccc2n1C. The molecule has 0 radical (unpaired) electrons. The van der Waals surface area contributed by atoms with Crippen molar-refractivity contribution < 1.29 is 14.3 Å². The Morgan fingerprint density at radius 1 is 1.42 bits per heavy atom. The molecule has 0 fully saturated rings. The van der Waals surface area contributed by atoms with Crippen LogP contribution in [0.3, 0.4) is 0 Å². The van der Waals surface area contributed by atoms with Gasteiger partial charge in [-0.1, -0.05) is 23.4 Å². The highest BCUT2D eigenvalue weighted by atomic mass is 35.5. The topological polar surface area (TPSA) is 73.2 Å². The van der Waals surface area contributed by atoms with Gasteiger partial charge in [-0.2, -0.15) is 0 Å². The van der Waals surface area contributed by atoms with Gasteiger partial charge in [-0.25, -0.2) is 4.98 Å². The molecule has 0 aliphatic rings. The molecule has 1 N–H and O–H groups in total. The zero-order valence-electron chi connectivity index (χ0n) is 13.7. The van der Waals surface area contributed by atoms with Crippen LogP contribution in [0.1, 0.15) is 19.8 Å². The Morgan fingerprint density at radius 3 is 2.96 bits per heavy atom. The maximum atomic E-state index is 11.9. The van der Waals surface area contributed by atoms with Gasteiger partial charge in [-0.15, -0.1) is 0 Å². The molecule has 0 saturated heterocycles. The fourth-order valence-corrected chi connectivity index (χ4v) is 3.14. The number of carbonyl (C=O) groups is 2. The second-order valence-electron chi connectivity index (χ2n) is 5.13. The number of esters is 1. The number of imidazole rings is 1. The van der Waals surface area contributed by atoms with Crippen molar-refractivity contribution in [3.05, 3.63) is 23.2 Å². The van der Waals surface area contributed by atoms with Crippen molar-refractivity contribution in [3.8, 4) is 0 Å². The maximum Gasteiger partial charge on any atom is 0.305 e. The number of hydrogen-bond acceptors (Lipinski definition) is 5. The maximum absolute atomic E-state index is 11.9. The van der Waals surface area contributed by atoms with Crippen molar-refractivity contribution in [1.29, 1.82) is 0 Å². The molecule has 130 valence electrons. The van der Waals surface area contributed by atoms with E-state index in [-0.39, 0.29) is 17.6 Å². The number of ether oxygens (including phenoxy) is 1. The minimum atomic E-state index is -0.237. The van der Waals surface area contributed by atoms with Gasteiger partial charge in [0.25, 0.3) is 0 Å². The number of benzene rings is 1. The second kappa shape index (κ2) is 8.94. The predicted molar refractivity (Wildman–Crippen MR) is 95.3 cm³/mol. The molecule has 0 saturated carbocycles. The van der Waals surface area contributed by atoms with Gasteiger partial charge in [0.1, 0.15) is 0 Å². The summed E-state index contributed by atoms with van der Waals surface area (Å²) < 4.78 is 6.76. The summed E-state index contributed by atoms with van der Waals surface area (Å²) in [6.07, 6.45) is 0.882. The lowest BCUT2D eigenvalue weighted by Gasteiger charge is -2.05. The van der Waals surface area contributed by atoms with E-state index in [1.54, 1.807) is 13.0 Å². The van der Waals surface area contributed by atoms with Crippen LogP contribution in [0, 0.1) is 0 Å². The molecule has 24 heavy (non-hydrogen) atoms. The molecule has 0 bridgehead atoms. The number of rotatable bonds is 8. The van der Waals surface area contributed by atoms with E-state index in [0.717, 1.165) is 16.2 Å². The number of nitrogens with one attached hydrogen (secondary N) is 1. The number of halogens is 1. The number of aryl methyl sites for hydroxylation is 1. The fourth-order valence-electron chi connectivity index (χ4n) is 2.15. The number of carbonyl (C=O) groups excluding carboxylic acids is 2. The highest BCUT2D eigenvalue weighted by molar-refractivity contribution is 7.99. The van der Waals surface area contributed by atoms with Crippen molar-refractivity contribution >= 4 is 46.3 Å². The van der Waals surface area contributed by atoms with Crippen molar-refractivity contribution in [1.82, 2.24) is 14.9 Å². The average molecular weight is 370 g/mol. The van der Waals surface area contributed by atoms with Crippen LogP contribution >= 0.6 is 23.4 Å². The summed E-state index contributed by atoms with van der Waals surface area (Å²) >= 11 is 7.33. The Hall–Kier alpha value is -1.73. The summed E-state index contributed by atoms with van der Waals surface area (Å²) in [6.45, 7) is 2.60. The second-order valence-corrected chi connectivity index (χ2v) is 6.51. The highest BCUT2D eigenvalue weighted by Gasteiger charge is 2.11. The van der Waals surface area contributed by atoms with Gasteiger partial charge in [-0.05, 0) is 31.5 Å². The van der Waals surface area contributed by atoms with Crippen molar-refractivity contribution in [2.24, 2.45) is 7.05 Å². The van der Waals surface area contributed by atoms with E-state index in [9.17, 15) is 9.59 Å². The number of hydrogen-bond donors (Lipinski definition) is 1. The largest absolute Gasteiger partial charge is 0.466 e. The summed E-state index contributed by atoms with van der Waals surface area (Å²) in [7, 11) is 1.91. The van der Waals surface area contributed by atoms with Crippen LogP contribution in [0.2, 0.25) is 5.02 Å². The summed E-state index contributed by atoms with van der Waals surface area (Å²) in [6, 6.07) is 5.52. The first-order chi connectivity index (χ1) is 11.5. The predicted octanol–water partition coefficient (Wildman–Crippen LogP) is 2.78. The number of thioether (sulfide) groups is 1. The van der Waals surface area contributed by atoms with E-state index in [2.05, 4.69) is 10.3 Å². The van der Waals surface area contributed by atoms with Gasteiger partial charge in [0.2, 0.25) is 5.91 Å². The lowest BCUT2D eigenvalue weighted by atomic mass is 10.3. The molecule has 0 atom stereocenters. The van der Waals surface area contributed by atoms with Gasteiger partial charge in [0.05, 0.1) is 23.4 Å². The molecule has 2 aromatic rings. The average Bonchev–Trinajstić information content (AvgIpc) is 2.85. The number of nitrogens with zero attached hydrogens (tertiary/aromatic N) is 2. The Kier molecular flexibility index (Phi) is 6.93. The number of aromatic nitrogens is 2. The molecule has 6 nitrogen and oxygen atoms in total. The van der Waals surface area contributed by atoms with Crippen LogP contribution < -0.4 is 5.32 Å². The van der Waals surface area contributed by atoms with Crippen LogP contribution in [-0.2, 0) is 21.4 Å². The van der Waals surface area contributed by atoms with Crippen LogP contribution in [0.25, 0.3) is 11.0 Å². The standard InChI is InChI=1S/C16H20ClN3O3S/c1-3-23-15(22)5-4-8-18-14(21)10-24-16-19-12-9-11(17)6-7-13(12)20(16)2/h6-7,9H,3-5,8,10H2,1-2H3,(H,18,21). The minimum Gasteiger partial charge on any atom is -0.466 e. The molecular weight excluding hydrogens is 350 g/mol. The zero-order chi connectivity index (χ0) is 17.5. The summed E-state index contributed by atoms with van der Waals surface area (Å²) in [5.74, 6) is -0.0574. The Balaban J connectivity index is 1.78. The normalized spacial score (nSPS) is 10.8. The fraction of sp³-hybridized carbons (Fsp3) is 0.438. The molecule has 0 spiro atoms. The minimum absolute atomic E-state index is 0.0889. The van der Waals surface area contributed by atoms with Crippen molar-refractivity contribution in [2.45, 2.75) is 24.9 Å². The van der Waals surface area contributed by atoms with Crippen LogP contribution in [-0.4, -0.2) is 40.3 Å². The lowest BCUT2D eigenvalue weighted by Crippen LogP contribution is -2.26. The number of amides is 1. The summed E-state index contributed by atoms with van der Waals surface area (Å²) in [5, 5.41) is 4.18. The van der Waals surface area contributed by atoms with E-state index in [1.807, 2.05) is 23.7 Å². The molecule has 8 heteroatoms. The van der Waals surface area contributed by atoms with Crippen LogP contribution in [0.4, 0.5) is 0 Å². The first kappa shape index (κ1) is 18.6. The van der Waals surface area contributed by atoms with Gasteiger partial charge in [-0.3, -0.25) is 9.59 Å². The molecule has 1 amide bonds. The van der Waals surface area contributed by atoms with E-state index in [0.29, 0.717) is 31.0 Å². The van der Waals surface area contributed by atoms with Crippen molar-refractivity contribution in [2.75, 3.05) is 18.9 Å². The monoisotopic (exact) mass is 369 g/mol. The molecule has 1 heterocycles. The molecule has 0 unspecified atom stereocenters. The van der Waals surface area contributed by atoms with Gasteiger partial charge in [0, 0.05) is 25.0 Å². The Labute approximate surface area is 149 Å². The smallest absolute Gasteiger partial charge is 0.305 e. The quantitative estimate of drug-likeness (QED) is 0.440. The van der Waals surface area contributed by atoms with E-state index in [1.165, 1.54) is 11.8 Å². The van der Waals surface area contributed by atoms with E-state index < -0.39 is 0 Å². The molecule has 0 aliphatic heterocycles. The molecule has 0 aliphatic carbocycles. The van der Waals surface area contributed by atoms with Gasteiger partial charge >= 0.3 is 5.97 Å². The van der Waals surface area contributed by atoms with Crippen LogP contribution in [0.5, 0.6) is 0 Å². The Morgan fingerprint density at radius 2 is 2.21 bits per heavy atom.